The number of allylic oxidation sites excluding steroid dienone is 5. The van der Waals surface area contributed by atoms with Gasteiger partial charge in [-0.3, -0.25) is 14.1 Å². The first-order valence-electron chi connectivity index (χ1n) is 18.3. The summed E-state index contributed by atoms with van der Waals surface area (Å²) in [5.41, 5.74) is 0. The van der Waals surface area contributed by atoms with Crippen LogP contribution in [0.4, 0.5) is 0 Å². The van der Waals surface area contributed by atoms with Gasteiger partial charge in [0.1, 0.15) is 6.61 Å². The highest BCUT2D eigenvalue weighted by atomic mass is 31.2. The number of rotatable bonds is 31. The molecule has 0 aromatic carbocycles. The van der Waals surface area contributed by atoms with Crippen molar-refractivity contribution in [3.63, 3.8) is 0 Å². The number of ether oxygens (including phenoxy) is 3. The molecule has 3 atom stereocenters. The fourth-order valence-electron chi connectivity index (χ4n) is 5.17. The van der Waals surface area contributed by atoms with E-state index in [9.17, 15) is 14.2 Å². The second-order valence-electron chi connectivity index (χ2n) is 13.1. The van der Waals surface area contributed by atoms with Gasteiger partial charge in [-0.1, -0.05) is 121 Å². The first-order chi connectivity index (χ1) is 22.6. The van der Waals surface area contributed by atoms with Crippen LogP contribution in [0.5, 0.6) is 0 Å². The molecule has 1 heterocycles. The molecule has 0 aliphatic carbocycles. The number of carbonyl (C=O) groups is 2. The second kappa shape index (κ2) is 28.1. The lowest BCUT2D eigenvalue weighted by atomic mass is 10.0. The van der Waals surface area contributed by atoms with Crippen molar-refractivity contribution in [2.75, 3.05) is 13.2 Å². The summed E-state index contributed by atoms with van der Waals surface area (Å²) in [6.45, 7) is 5.84. The second-order valence-corrected chi connectivity index (χ2v) is 14.3. The van der Waals surface area contributed by atoms with Crippen molar-refractivity contribution in [2.24, 2.45) is 5.92 Å². The predicted octanol–water partition coefficient (Wildman–Crippen LogP) is 9.46. The van der Waals surface area contributed by atoms with Crippen LogP contribution in [0.25, 0.3) is 0 Å². The molecule has 9 nitrogen and oxygen atoms in total. The van der Waals surface area contributed by atoms with E-state index in [-0.39, 0.29) is 31.7 Å². The van der Waals surface area contributed by atoms with Crippen LogP contribution in [-0.2, 0) is 32.9 Å². The number of hydrogen-bond donors (Lipinski definition) is 2. The highest BCUT2D eigenvalue weighted by Gasteiger charge is 2.36. The third kappa shape index (κ3) is 28.9. The summed E-state index contributed by atoms with van der Waals surface area (Å²) in [7, 11) is -4.77. The van der Waals surface area contributed by atoms with Crippen molar-refractivity contribution in [1.29, 1.82) is 0 Å². The molecule has 0 spiro atoms. The maximum atomic E-state index is 12.3. The van der Waals surface area contributed by atoms with Crippen LogP contribution >= 0.6 is 7.82 Å². The molecular weight excluding hydrogens is 619 g/mol. The van der Waals surface area contributed by atoms with Crippen molar-refractivity contribution in [3.8, 4) is 0 Å². The molecule has 0 amide bonds. The molecule has 1 rings (SSSR count). The predicted molar refractivity (Wildman–Crippen MR) is 188 cm³/mol. The Morgan fingerprint density at radius 2 is 1.36 bits per heavy atom. The number of epoxide rings is 1. The Bertz CT molecular complexity index is 940. The van der Waals surface area contributed by atoms with Crippen LogP contribution in [-0.4, -0.2) is 53.3 Å². The van der Waals surface area contributed by atoms with Crippen molar-refractivity contribution in [2.45, 2.75) is 167 Å². The Kier molecular flexibility index (Phi) is 25.9. The summed E-state index contributed by atoms with van der Waals surface area (Å²) in [6.07, 6.45) is 31.9. The molecule has 2 N–H and O–H groups in total. The topological polar surface area (TPSA) is 132 Å². The standard InChI is InChI=1S/C37H65O9P/c1-4-5-6-7-8-9-10-11-12-16-19-22-26-34-35(46-34)27-24-29-36(38)43-30-33(31-44-47(40,41)42)45-37(39)28-23-20-17-14-13-15-18-21-25-32(2)3/h8-9,11-12,19,22,32-35H,4-7,10,13-18,20-21,23-31H2,1-3H3,(H2,40,41,42)/b9-8-,12-11-,22-19-/t33-,34?,35?/m1/s1. The summed E-state index contributed by atoms with van der Waals surface area (Å²) < 4.78 is 32.0. The molecule has 0 aromatic rings. The summed E-state index contributed by atoms with van der Waals surface area (Å²) in [5.74, 6) is -0.202. The Labute approximate surface area is 285 Å². The third-order valence-corrected chi connectivity index (χ3v) is 8.50. The van der Waals surface area contributed by atoms with Gasteiger partial charge in [-0.05, 0) is 57.3 Å². The van der Waals surface area contributed by atoms with Crippen LogP contribution in [0.1, 0.15) is 149 Å². The Morgan fingerprint density at radius 1 is 0.745 bits per heavy atom. The summed E-state index contributed by atoms with van der Waals surface area (Å²) in [5, 5.41) is 0. The summed E-state index contributed by atoms with van der Waals surface area (Å²) in [4.78, 5) is 42.7. The lowest BCUT2D eigenvalue weighted by Gasteiger charge is -2.18. The molecule has 0 saturated carbocycles. The average molecular weight is 685 g/mol. The number of hydrogen-bond acceptors (Lipinski definition) is 7. The van der Waals surface area contributed by atoms with E-state index in [1.165, 1.54) is 57.8 Å². The number of phosphoric ester groups is 1. The van der Waals surface area contributed by atoms with Gasteiger partial charge in [0.2, 0.25) is 0 Å². The normalized spacial score (nSPS) is 17.3. The molecule has 0 aromatic heterocycles. The molecule has 0 bridgehead atoms. The number of carbonyl (C=O) groups excluding carboxylic acids is 2. The Morgan fingerprint density at radius 3 is 2.02 bits per heavy atom. The maximum absolute atomic E-state index is 12.3. The van der Waals surface area contributed by atoms with Gasteiger partial charge < -0.3 is 24.0 Å². The Hall–Kier alpha value is -1.77. The van der Waals surface area contributed by atoms with Crippen molar-refractivity contribution < 1.29 is 42.7 Å². The number of phosphoric acid groups is 1. The minimum atomic E-state index is -4.77. The zero-order valence-electron chi connectivity index (χ0n) is 29.5. The van der Waals surface area contributed by atoms with E-state index in [2.05, 4.69) is 61.8 Å². The quantitative estimate of drug-likeness (QED) is 0.0241. The van der Waals surface area contributed by atoms with Crippen molar-refractivity contribution >= 4 is 19.8 Å². The Balaban J connectivity index is 2.17. The molecule has 272 valence electrons. The first-order valence-corrected chi connectivity index (χ1v) is 19.8. The fraction of sp³-hybridized carbons (Fsp3) is 0.784. The average Bonchev–Trinajstić information content (AvgIpc) is 3.77. The molecule has 47 heavy (non-hydrogen) atoms. The fourth-order valence-corrected chi connectivity index (χ4v) is 5.53. The van der Waals surface area contributed by atoms with Crippen molar-refractivity contribution in [3.05, 3.63) is 36.5 Å². The van der Waals surface area contributed by atoms with Crippen LogP contribution in [0.15, 0.2) is 36.5 Å². The van der Waals surface area contributed by atoms with Crippen LogP contribution in [0.3, 0.4) is 0 Å². The van der Waals surface area contributed by atoms with E-state index in [4.69, 9.17) is 24.0 Å². The van der Waals surface area contributed by atoms with Crippen LogP contribution < -0.4 is 0 Å². The lowest BCUT2D eigenvalue weighted by molar-refractivity contribution is -0.161. The minimum Gasteiger partial charge on any atom is -0.462 e. The van der Waals surface area contributed by atoms with Gasteiger partial charge in [-0.15, -0.1) is 0 Å². The van der Waals surface area contributed by atoms with E-state index in [0.29, 0.717) is 12.8 Å². The van der Waals surface area contributed by atoms with E-state index < -0.39 is 32.5 Å². The molecular formula is C37H65O9P. The number of unbranched alkanes of at least 4 members (excludes halogenated alkanes) is 10. The van der Waals surface area contributed by atoms with E-state index in [1.807, 2.05) is 0 Å². The van der Waals surface area contributed by atoms with Crippen LogP contribution in [0.2, 0.25) is 0 Å². The highest BCUT2D eigenvalue weighted by Crippen LogP contribution is 2.36. The molecule has 10 heteroatoms. The zero-order chi connectivity index (χ0) is 34.6. The SMILES string of the molecule is CCCCC/C=C\C/C=C\C/C=C\CC1OC1CCCC(=O)OC[C@H](COP(=O)(O)O)OC(=O)CCCCCCCCCCC(C)C. The first kappa shape index (κ1) is 43.3. The van der Waals surface area contributed by atoms with Gasteiger partial charge in [0.25, 0.3) is 0 Å². The summed E-state index contributed by atoms with van der Waals surface area (Å²) in [6, 6.07) is 0. The molecule has 1 saturated heterocycles. The van der Waals surface area contributed by atoms with E-state index in [1.54, 1.807) is 0 Å². The molecule has 1 aliphatic rings. The van der Waals surface area contributed by atoms with E-state index in [0.717, 1.165) is 50.9 Å². The number of esters is 2. The van der Waals surface area contributed by atoms with Gasteiger partial charge in [0.15, 0.2) is 6.10 Å². The van der Waals surface area contributed by atoms with E-state index >= 15 is 0 Å². The lowest BCUT2D eigenvalue weighted by Crippen LogP contribution is -2.29. The van der Waals surface area contributed by atoms with Crippen LogP contribution in [0, 0.1) is 5.92 Å². The third-order valence-electron chi connectivity index (χ3n) is 8.01. The summed E-state index contributed by atoms with van der Waals surface area (Å²) >= 11 is 0. The van der Waals surface area contributed by atoms with Gasteiger partial charge in [0.05, 0.1) is 18.8 Å². The maximum Gasteiger partial charge on any atom is 0.469 e. The van der Waals surface area contributed by atoms with Gasteiger partial charge >= 0.3 is 19.8 Å². The zero-order valence-corrected chi connectivity index (χ0v) is 30.4. The molecule has 0 radical (unpaired) electrons. The molecule has 1 fully saturated rings. The van der Waals surface area contributed by atoms with Crippen molar-refractivity contribution in [1.82, 2.24) is 0 Å². The molecule has 2 unspecified atom stereocenters. The minimum absolute atomic E-state index is 0.140. The van der Waals surface area contributed by atoms with Gasteiger partial charge in [-0.25, -0.2) is 4.57 Å². The highest BCUT2D eigenvalue weighted by molar-refractivity contribution is 7.46. The van der Waals surface area contributed by atoms with Gasteiger partial charge in [0, 0.05) is 12.8 Å². The molecule has 1 aliphatic heterocycles. The smallest absolute Gasteiger partial charge is 0.462 e. The van der Waals surface area contributed by atoms with Gasteiger partial charge in [-0.2, -0.15) is 0 Å². The largest absolute Gasteiger partial charge is 0.469 e. The monoisotopic (exact) mass is 684 g/mol.